The molecular weight excluding hydrogens is 336 g/mol. The van der Waals surface area contributed by atoms with Crippen molar-refractivity contribution >= 4 is 15.9 Å². The third-order valence-electron chi connectivity index (χ3n) is 4.66. The summed E-state index contributed by atoms with van der Waals surface area (Å²) in [7, 11) is -3.18. The first-order chi connectivity index (χ1) is 11.8. The molecule has 0 aliphatic carbocycles. The topological polar surface area (TPSA) is 57.7 Å². The molecule has 1 aliphatic heterocycles. The van der Waals surface area contributed by atoms with Crippen LogP contribution in [0.15, 0.2) is 24.3 Å². The second-order valence-electron chi connectivity index (χ2n) is 7.02. The van der Waals surface area contributed by atoms with Crippen molar-refractivity contribution < 1.29 is 13.2 Å². The van der Waals surface area contributed by atoms with Gasteiger partial charge in [0.2, 0.25) is 15.9 Å². The van der Waals surface area contributed by atoms with Crippen LogP contribution in [-0.2, 0) is 21.2 Å². The van der Waals surface area contributed by atoms with Gasteiger partial charge in [0.15, 0.2) is 0 Å². The molecule has 0 bridgehead atoms. The molecule has 0 atom stereocenters. The van der Waals surface area contributed by atoms with E-state index in [2.05, 4.69) is 26.0 Å². The highest BCUT2D eigenvalue weighted by atomic mass is 32.2. The van der Waals surface area contributed by atoms with Gasteiger partial charge in [-0.25, -0.2) is 12.7 Å². The standard InChI is InChI=1S/C19H30N2O3S/c1-4-14-25(23,24)21-11-5-10-20(12-13-21)19(22)15-17-6-8-18(9-7-17)16(2)3/h6-9,16H,4-5,10-15H2,1-3H3. The molecule has 6 heteroatoms. The fraction of sp³-hybridized carbons (Fsp3) is 0.632. The van der Waals surface area contributed by atoms with E-state index in [1.165, 1.54) is 5.56 Å². The van der Waals surface area contributed by atoms with Gasteiger partial charge in [-0.1, -0.05) is 45.0 Å². The van der Waals surface area contributed by atoms with Crippen molar-refractivity contribution in [1.29, 1.82) is 0 Å². The zero-order valence-corrected chi connectivity index (χ0v) is 16.4. The van der Waals surface area contributed by atoms with E-state index < -0.39 is 10.0 Å². The van der Waals surface area contributed by atoms with Crippen LogP contribution in [0.4, 0.5) is 0 Å². The Morgan fingerprint density at radius 2 is 1.76 bits per heavy atom. The zero-order chi connectivity index (χ0) is 18.4. The van der Waals surface area contributed by atoms with Crippen LogP contribution in [0.3, 0.4) is 0 Å². The molecule has 1 saturated heterocycles. The van der Waals surface area contributed by atoms with E-state index in [-0.39, 0.29) is 11.7 Å². The van der Waals surface area contributed by atoms with Gasteiger partial charge in [-0.2, -0.15) is 0 Å². The second-order valence-corrected chi connectivity index (χ2v) is 9.11. The lowest BCUT2D eigenvalue weighted by Crippen LogP contribution is -2.38. The van der Waals surface area contributed by atoms with E-state index in [1.807, 2.05) is 19.1 Å². The number of nitrogens with zero attached hydrogens (tertiary/aromatic N) is 2. The Balaban J connectivity index is 1.94. The van der Waals surface area contributed by atoms with Crippen LogP contribution < -0.4 is 0 Å². The van der Waals surface area contributed by atoms with E-state index >= 15 is 0 Å². The summed E-state index contributed by atoms with van der Waals surface area (Å²) < 4.78 is 26.0. The number of rotatable bonds is 6. The van der Waals surface area contributed by atoms with Crippen molar-refractivity contribution in [2.45, 2.75) is 46.0 Å². The van der Waals surface area contributed by atoms with Crippen LogP contribution >= 0.6 is 0 Å². The molecule has 0 aromatic heterocycles. The SMILES string of the molecule is CCCS(=O)(=O)N1CCCN(C(=O)Cc2ccc(C(C)C)cc2)CC1. The van der Waals surface area contributed by atoms with Crippen molar-refractivity contribution in [2.75, 3.05) is 31.9 Å². The van der Waals surface area contributed by atoms with Gasteiger partial charge in [0.05, 0.1) is 12.2 Å². The van der Waals surface area contributed by atoms with Crippen LogP contribution in [0.1, 0.15) is 50.7 Å². The summed E-state index contributed by atoms with van der Waals surface area (Å²) in [4.78, 5) is 14.4. The number of hydrogen-bond donors (Lipinski definition) is 0. The van der Waals surface area contributed by atoms with Crippen LogP contribution in [0, 0.1) is 0 Å². The Morgan fingerprint density at radius 1 is 1.08 bits per heavy atom. The Bertz CT molecular complexity index is 668. The maximum atomic E-state index is 12.6. The average Bonchev–Trinajstić information content (AvgIpc) is 2.82. The first-order valence-electron chi connectivity index (χ1n) is 9.18. The molecule has 0 radical (unpaired) electrons. The average molecular weight is 367 g/mol. The first kappa shape index (κ1) is 19.9. The van der Waals surface area contributed by atoms with E-state index in [0.717, 1.165) is 5.56 Å². The Hall–Kier alpha value is -1.40. The van der Waals surface area contributed by atoms with Gasteiger partial charge in [-0.05, 0) is 29.9 Å². The number of carbonyl (C=O) groups excluding carboxylic acids is 1. The lowest BCUT2D eigenvalue weighted by atomic mass is 10.0. The fourth-order valence-corrected chi connectivity index (χ4v) is 4.66. The molecule has 1 aliphatic rings. The fourth-order valence-electron chi connectivity index (χ4n) is 3.12. The van der Waals surface area contributed by atoms with Crippen LogP contribution in [0.25, 0.3) is 0 Å². The van der Waals surface area contributed by atoms with Gasteiger partial charge in [0.1, 0.15) is 0 Å². The minimum atomic E-state index is -3.18. The second kappa shape index (κ2) is 8.81. The lowest BCUT2D eigenvalue weighted by molar-refractivity contribution is -0.130. The van der Waals surface area contributed by atoms with E-state index in [1.54, 1.807) is 9.21 Å². The molecule has 1 fully saturated rings. The lowest BCUT2D eigenvalue weighted by Gasteiger charge is -2.22. The summed E-state index contributed by atoms with van der Waals surface area (Å²) in [5, 5.41) is 0. The minimum absolute atomic E-state index is 0.0760. The number of amides is 1. The molecule has 1 aromatic rings. The maximum Gasteiger partial charge on any atom is 0.227 e. The normalized spacial score (nSPS) is 16.9. The first-order valence-corrected chi connectivity index (χ1v) is 10.8. The molecule has 5 nitrogen and oxygen atoms in total. The van der Waals surface area contributed by atoms with Gasteiger partial charge in [-0.15, -0.1) is 0 Å². The number of hydrogen-bond acceptors (Lipinski definition) is 3. The minimum Gasteiger partial charge on any atom is -0.341 e. The molecule has 25 heavy (non-hydrogen) atoms. The summed E-state index contributed by atoms with van der Waals surface area (Å²) in [6.07, 6.45) is 1.69. The van der Waals surface area contributed by atoms with E-state index in [9.17, 15) is 13.2 Å². The highest BCUT2D eigenvalue weighted by molar-refractivity contribution is 7.89. The van der Waals surface area contributed by atoms with Crippen LogP contribution in [0.2, 0.25) is 0 Å². The van der Waals surface area contributed by atoms with Gasteiger partial charge < -0.3 is 4.90 Å². The van der Waals surface area contributed by atoms with Crippen molar-refractivity contribution in [1.82, 2.24) is 9.21 Å². The molecule has 1 aromatic carbocycles. The van der Waals surface area contributed by atoms with Crippen molar-refractivity contribution in [2.24, 2.45) is 0 Å². The predicted octanol–water partition coefficient (Wildman–Crippen LogP) is 2.63. The molecule has 0 N–H and O–H groups in total. The van der Waals surface area contributed by atoms with Gasteiger partial charge in [-0.3, -0.25) is 4.79 Å². The van der Waals surface area contributed by atoms with Crippen molar-refractivity contribution in [3.63, 3.8) is 0 Å². The van der Waals surface area contributed by atoms with Crippen molar-refractivity contribution in [3.8, 4) is 0 Å². The quantitative estimate of drug-likeness (QED) is 0.778. The van der Waals surface area contributed by atoms with E-state index in [0.29, 0.717) is 51.4 Å². The maximum absolute atomic E-state index is 12.6. The van der Waals surface area contributed by atoms with Gasteiger partial charge in [0, 0.05) is 26.2 Å². The van der Waals surface area contributed by atoms with Crippen molar-refractivity contribution in [3.05, 3.63) is 35.4 Å². The smallest absolute Gasteiger partial charge is 0.227 e. The molecule has 1 amide bonds. The third kappa shape index (κ3) is 5.54. The van der Waals surface area contributed by atoms with Gasteiger partial charge in [0.25, 0.3) is 0 Å². The molecule has 2 rings (SSSR count). The summed E-state index contributed by atoms with van der Waals surface area (Å²) in [5.41, 5.74) is 2.27. The molecule has 1 heterocycles. The van der Waals surface area contributed by atoms with Crippen LogP contribution in [0.5, 0.6) is 0 Å². The molecule has 0 saturated carbocycles. The third-order valence-corrected chi connectivity index (χ3v) is 6.74. The zero-order valence-electron chi connectivity index (χ0n) is 15.6. The van der Waals surface area contributed by atoms with E-state index in [4.69, 9.17) is 0 Å². The molecule has 0 spiro atoms. The Morgan fingerprint density at radius 3 is 2.36 bits per heavy atom. The highest BCUT2D eigenvalue weighted by Gasteiger charge is 2.26. The predicted molar refractivity (Wildman–Crippen MR) is 101 cm³/mol. The molecule has 140 valence electrons. The molecular formula is C19H30N2O3S. The summed E-state index contributed by atoms with van der Waals surface area (Å²) >= 11 is 0. The summed E-state index contributed by atoms with van der Waals surface area (Å²) in [6, 6.07) is 8.19. The van der Waals surface area contributed by atoms with Gasteiger partial charge >= 0.3 is 0 Å². The highest BCUT2D eigenvalue weighted by Crippen LogP contribution is 2.16. The molecule has 0 unspecified atom stereocenters. The Labute approximate surface area is 152 Å². The summed E-state index contributed by atoms with van der Waals surface area (Å²) in [6.45, 7) is 8.18. The van der Waals surface area contributed by atoms with Crippen LogP contribution in [-0.4, -0.2) is 55.5 Å². The largest absolute Gasteiger partial charge is 0.341 e. The number of carbonyl (C=O) groups is 1. The monoisotopic (exact) mass is 366 g/mol. The number of benzene rings is 1. The summed E-state index contributed by atoms with van der Waals surface area (Å²) in [5.74, 6) is 0.738. The Kier molecular flexibility index (Phi) is 7.02. The number of sulfonamides is 1.